The van der Waals surface area contributed by atoms with Crippen LogP contribution in [0.3, 0.4) is 0 Å². The molecule has 0 heterocycles. The summed E-state index contributed by atoms with van der Waals surface area (Å²) in [5.41, 5.74) is 4.49. The van der Waals surface area contributed by atoms with Gasteiger partial charge >= 0.3 is 6.03 Å². The molecule has 4 nitrogen and oxygen atoms in total. The lowest BCUT2D eigenvalue weighted by atomic mass is 9.91. The van der Waals surface area contributed by atoms with Gasteiger partial charge in [0.05, 0.1) is 18.7 Å². The maximum atomic E-state index is 13.1. The Kier molecular flexibility index (Phi) is 6.81. The molecule has 160 valence electrons. The Morgan fingerprint density at radius 2 is 1.58 bits per heavy atom. The maximum Gasteiger partial charge on any atom is 0.316 e. The number of benzene rings is 3. The number of hydrogen-bond donors (Lipinski definition) is 2. The van der Waals surface area contributed by atoms with Crippen molar-refractivity contribution in [2.24, 2.45) is 0 Å². The molecule has 0 fully saturated rings. The molecular weight excluding hydrogens is 384 g/mol. The fourth-order valence-electron chi connectivity index (χ4n) is 3.50. The van der Waals surface area contributed by atoms with E-state index >= 15 is 0 Å². The lowest BCUT2D eigenvalue weighted by Gasteiger charge is -2.29. The lowest BCUT2D eigenvalue weighted by Crippen LogP contribution is -2.47. The van der Waals surface area contributed by atoms with E-state index < -0.39 is 5.54 Å². The predicted octanol–water partition coefficient (Wildman–Crippen LogP) is 6.05. The van der Waals surface area contributed by atoms with Gasteiger partial charge in [-0.2, -0.15) is 0 Å². The van der Waals surface area contributed by atoms with E-state index in [0.717, 1.165) is 33.6 Å². The third kappa shape index (κ3) is 5.54. The number of allylic oxidation sites excluding steroid dienone is 1. The molecule has 1 atom stereocenters. The second-order valence-electron chi connectivity index (χ2n) is 8.20. The van der Waals surface area contributed by atoms with Gasteiger partial charge in [0.15, 0.2) is 0 Å². The summed E-state index contributed by atoms with van der Waals surface area (Å²) in [6, 6.07) is 25.2. The summed E-state index contributed by atoms with van der Waals surface area (Å²) in [7, 11) is 1.64. The maximum absolute atomic E-state index is 13.1. The Bertz CT molecular complexity index is 1040. The van der Waals surface area contributed by atoms with Gasteiger partial charge in [-0.05, 0) is 61.2 Å². The average Bonchev–Trinajstić information content (AvgIpc) is 2.78. The second-order valence-corrected chi connectivity index (χ2v) is 8.20. The van der Waals surface area contributed by atoms with Gasteiger partial charge in [0.25, 0.3) is 0 Å². The third-order valence-electron chi connectivity index (χ3n) is 5.36. The van der Waals surface area contributed by atoms with Crippen LogP contribution in [0.5, 0.6) is 5.75 Å². The van der Waals surface area contributed by atoms with Crippen molar-refractivity contribution < 1.29 is 9.53 Å². The topological polar surface area (TPSA) is 50.4 Å². The summed E-state index contributed by atoms with van der Waals surface area (Å²) in [6.45, 7) is 9.99. The number of amides is 2. The van der Waals surface area contributed by atoms with Crippen LogP contribution in [0.15, 0.2) is 85.4 Å². The van der Waals surface area contributed by atoms with Crippen molar-refractivity contribution in [1.29, 1.82) is 0 Å². The molecule has 0 saturated carbocycles. The van der Waals surface area contributed by atoms with Gasteiger partial charge in [-0.15, -0.1) is 0 Å². The first-order valence-corrected chi connectivity index (χ1v) is 10.3. The Balaban J connectivity index is 1.83. The van der Waals surface area contributed by atoms with Gasteiger partial charge in [0.1, 0.15) is 5.75 Å². The van der Waals surface area contributed by atoms with Gasteiger partial charge < -0.3 is 15.4 Å². The quantitative estimate of drug-likeness (QED) is 0.494. The molecule has 0 aromatic heterocycles. The highest BCUT2D eigenvalue weighted by Gasteiger charge is 2.25. The predicted molar refractivity (Wildman–Crippen MR) is 127 cm³/mol. The Labute approximate surface area is 185 Å². The average molecular weight is 415 g/mol. The van der Waals surface area contributed by atoms with Gasteiger partial charge in [-0.1, -0.05) is 72.8 Å². The monoisotopic (exact) mass is 414 g/mol. The van der Waals surface area contributed by atoms with E-state index in [9.17, 15) is 4.79 Å². The van der Waals surface area contributed by atoms with E-state index in [1.165, 1.54) is 0 Å². The first kappa shape index (κ1) is 22.2. The Morgan fingerprint density at radius 3 is 2.19 bits per heavy atom. The summed E-state index contributed by atoms with van der Waals surface area (Å²) < 4.78 is 5.27. The molecule has 3 rings (SSSR count). The first-order chi connectivity index (χ1) is 14.8. The number of methoxy groups -OCH3 is 1. The standard InChI is InChI=1S/C27H30N2O2/c1-19(2)22-12-9-13-23(18-22)27(3,4)29-26(30)28-25(20-10-7-6-8-11-20)21-14-16-24(31-5)17-15-21/h6-18,25H,1H2,2-5H3,(H2,28,29,30)/t25-/m1/s1. The van der Waals surface area contributed by atoms with Gasteiger partial charge in [-0.3, -0.25) is 0 Å². The molecule has 0 aliphatic heterocycles. The van der Waals surface area contributed by atoms with Crippen LogP contribution in [0, 0.1) is 0 Å². The number of ether oxygens (including phenoxy) is 1. The molecule has 2 amide bonds. The van der Waals surface area contributed by atoms with Crippen molar-refractivity contribution in [2.75, 3.05) is 7.11 Å². The molecule has 0 aliphatic rings. The second kappa shape index (κ2) is 9.52. The van der Waals surface area contributed by atoms with Crippen molar-refractivity contribution in [1.82, 2.24) is 10.6 Å². The van der Waals surface area contributed by atoms with E-state index in [2.05, 4.69) is 23.3 Å². The van der Waals surface area contributed by atoms with E-state index in [1.54, 1.807) is 7.11 Å². The summed E-state index contributed by atoms with van der Waals surface area (Å²) in [5, 5.41) is 6.27. The van der Waals surface area contributed by atoms with E-state index in [-0.39, 0.29) is 12.1 Å². The van der Waals surface area contributed by atoms with Crippen molar-refractivity contribution in [3.63, 3.8) is 0 Å². The highest BCUT2D eigenvalue weighted by Crippen LogP contribution is 2.26. The number of carbonyl (C=O) groups is 1. The normalized spacial score (nSPS) is 12.0. The number of rotatable bonds is 7. The number of nitrogens with one attached hydrogen (secondary N) is 2. The summed E-state index contributed by atoms with van der Waals surface area (Å²) >= 11 is 0. The zero-order chi connectivity index (χ0) is 22.4. The molecule has 2 N–H and O–H groups in total. The number of carbonyl (C=O) groups excluding carboxylic acids is 1. The van der Waals surface area contributed by atoms with Crippen molar-refractivity contribution in [3.8, 4) is 5.75 Å². The number of hydrogen-bond acceptors (Lipinski definition) is 2. The van der Waals surface area contributed by atoms with E-state index in [4.69, 9.17) is 4.74 Å². The van der Waals surface area contributed by atoms with E-state index in [1.807, 2.05) is 93.6 Å². The molecular formula is C27H30N2O2. The number of urea groups is 1. The van der Waals surface area contributed by atoms with Crippen LogP contribution >= 0.6 is 0 Å². The molecule has 0 spiro atoms. The van der Waals surface area contributed by atoms with Crippen LogP contribution in [0.4, 0.5) is 4.79 Å². The molecule has 3 aromatic carbocycles. The first-order valence-electron chi connectivity index (χ1n) is 10.3. The zero-order valence-electron chi connectivity index (χ0n) is 18.6. The summed E-state index contributed by atoms with van der Waals surface area (Å²) in [6.07, 6.45) is 0. The van der Waals surface area contributed by atoms with Crippen molar-refractivity contribution in [3.05, 3.63) is 108 Å². The van der Waals surface area contributed by atoms with Crippen LogP contribution < -0.4 is 15.4 Å². The van der Waals surface area contributed by atoms with Crippen LogP contribution in [0.2, 0.25) is 0 Å². The third-order valence-corrected chi connectivity index (χ3v) is 5.36. The Morgan fingerprint density at radius 1 is 0.935 bits per heavy atom. The molecule has 0 radical (unpaired) electrons. The van der Waals surface area contributed by atoms with Crippen LogP contribution in [0.25, 0.3) is 5.57 Å². The zero-order valence-corrected chi connectivity index (χ0v) is 18.6. The summed E-state index contributed by atoms with van der Waals surface area (Å²) in [5.74, 6) is 0.776. The molecule has 0 aliphatic carbocycles. The van der Waals surface area contributed by atoms with Crippen LogP contribution in [-0.4, -0.2) is 13.1 Å². The van der Waals surface area contributed by atoms with E-state index in [0.29, 0.717) is 0 Å². The molecule has 3 aromatic rings. The van der Waals surface area contributed by atoms with Crippen LogP contribution in [-0.2, 0) is 5.54 Å². The highest BCUT2D eigenvalue weighted by atomic mass is 16.5. The minimum Gasteiger partial charge on any atom is -0.497 e. The highest BCUT2D eigenvalue weighted by molar-refractivity contribution is 5.76. The fourth-order valence-corrected chi connectivity index (χ4v) is 3.50. The minimum absolute atomic E-state index is 0.240. The van der Waals surface area contributed by atoms with Gasteiger partial charge in [0, 0.05) is 0 Å². The smallest absolute Gasteiger partial charge is 0.316 e. The lowest BCUT2D eigenvalue weighted by molar-refractivity contribution is 0.227. The van der Waals surface area contributed by atoms with Gasteiger partial charge in [-0.25, -0.2) is 4.79 Å². The minimum atomic E-state index is -0.559. The summed E-state index contributed by atoms with van der Waals surface area (Å²) in [4.78, 5) is 13.1. The Hall–Kier alpha value is -3.53. The molecule has 0 bridgehead atoms. The molecule has 0 saturated heterocycles. The fraction of sp³-hybridized carbons (Fsp3) is 0.222. The van der Waals surface area contributed by atoms with Gasteiger partial charge in [0.2, 0.25) is 0 Å². The molecule has 31 heavy (non-hydrogen) atoms. The van der Waals surface area contributed by atoms with Crippen LogP contribution in [0.1, 0.15) is 49.1 Å². The largest absolute Gasteiger partial charge is 0.497 e. The SMILES string of the molecule is C=C(C)c1cccc(C(C)(C)NC(=O)N[C@H](c2ccccc2)c2ccc(OC)cc2)c1. The molecule has 4 heteroatoms. The van der Waals surface area contributed by atoms with Crippen molar-refractivity contribution in [2.45, 2.75) is 32.4 Å². The molecule has 0 unspecified atom stereocenters. The van der Waals surface area contributed by atoms with Crippen molar-refractivity contribution >= 4 is 11.6 Å².